The molecule has 0 aromatic heterocycles. The maximum absolute atomic E-state index is 3.23. The lowest BCUT2D eigenvalue weighted by atomic mass is 10.1. The van der Waals surface area contributed by atoms with Crippen molar-refractivity contribution in [2.45, 2.75) is 19.9 Å². The second-order valence-electron chi connectivity index (χ2n) is 5.01. The summed E-state index contributed by atoms with van der Waals surface area (Å²) in [4.78, 5) is 2.40. The predicted octanol–water partition coefficient (Wildman–Crippen LogP) is 2.50. The smallest absolute Gasteiger partial charge is 0.0409 e. The quantitative estimate of drug-likeness (QED) is 0.817. The summed E-state index contributed by atoms with van der Waals surface area (Å²) in [6, 6.07) is 8.67. The summed E-state index contributed by atoms with van der Waals surface area (Å²) in [6.07, 6.45) is 1.40. The molecule has 2 nitrogen and oxygen atoms in total. The molecule has 1 saturated carbocycles. The normalized spacial score (nSPS) is 23.2. The largest absolute Gasteiger partial charge is 0.374 e. The van der Waals surface area contributed by atoms with Crippen molar-refractivity contribution in [2.75, 3.05) is 25.5 Å². The van der Waals surface area contributed by atoms with E-state index in [1.54, 1.807) is 0 Å². The van der Waals surface area contributed by atoms with E-state index in [1.807, 2.05) is 7.05 Å². The number of hydrogen-bond acceptors (Lipinski definition) is 2. The molecule has 0 aliphatic heterocycles. The molecule has 0 bridgehead atoms. The Balaban J connectivity index is 2.05. The van der Waals surface area contributed by atoms with E-state index in [1.165, 1.54) is 24.2 Å². The van der Waals surface area contributed by atoms with E-state index in [9.17, 15) is 0 Å². The van der Waals surface area contributed by atoms with Gasteiger partial charge in [-0.25, -0.2) is 0 Å². The van der Waals surface area contributed by atoms with Crippen LogP contribution in [0.15, 0.2) is 24.3 Å². The van der Waals surface area contributed by atoms with Gasteiger partial charge in [-0.05, 0) is 36.9 Å². The van der Waals surface area contributed by atoms with Gasteiger partial charge in [-0.2, -0.15) is 0 Å². The Bertz CT molecular complexity index is 348. The number of nitrogens with zero attached hydrogens (tertiary/aromatic N) is 1. The van der Waals surface area contributed by atoms with Crippen LogP contribution in [-0.4, -0.2) is 20.6 Å². The van der Waals surface area contributed by atoms with E-state index in [-0.39, 0.29) is 0 Å². The molecule has 0 radical (unpaired) electrons. The molecule has 1 aromatic rings. The summed E-state index contributed by atoms with van der Waals surface area (Å²) in [7, 11) is 4.21. The van der Waals surface area contributed by atoms with Crippen LogP contribution in [0.3, 0.4) is 0 Å². The third-order valence-corrected chi connectivity index (χ3v) is 3.55. The first-order chi connectivity index (χ1) is 7.72. The van der Waals surface area contributed by atoms with Gasteiger partial charge in [-0.1, -0.05) is 25.1 Å². The first-order valence-electron chi connectivity index (χ1n) is 6.16. The van der Waals surface area contributed by atoms with Gasteiger partial charge in [0.1, 0.15) is 0 Å². The molecule has 1 aliphatic rings. The van der Waals surface area contributed by atoms with E-state index in [4.69, 9.17) is 0 Å². The van der Waals surface area contributed by atoms with Crippen molar-refractivity contribution in [2.24, 2.45) is 11.8 Å². The molecule has 16 heavy (non-hydrogen) atoms. The molecule has 1 aliphatic carbocycles. The summed E-state index contributed by atoms with van der Waals surface area (Å²) in [5, 5.41) is 3.23. The van der Waals surface area contributed by atoms with E-state index in [0.29, 0.717) is 0 Å². The van der Waals surface area contributed by atoms with Crippen LogP contribution >= 0.6 is 0 Å². The molecule has 1 fully saturated rings. The summed E-state index contributed by atoms with van der Waals surface area (Å²) in [5.74, 6) is 1.84. The van der Waals surface area contributed by atoms with Crippen LogP contribution in [0.5, 0.6) is 0 Å². The zero-order valence-corrected chi connectivity index (χ0v) is 10.5. The minimum atomic E-state index is 0.910. The molecule has 2 unspecified atom stereocenters. The van der Waals surface area contributed by atoms with Crippen LogP contribution in [0, 0.1) is 11.8 Å². The van der Waals surface area contributed by atoms with Crippen molar-refractivity contribution in [3.05, 3.63) is 29.8 Å². The molecule has 1 aromatic carbocycles. The average Bonchev–Trinajstić information content (AvgIpc) is 2.95. The second-order valence-corrected chi connectivity index (χ2v) is 5.01. The fourth-order valence-corrected chi connectivity index (χ4v) is 2.33. The minimum Gasteiger partial charge on any atom is -0.374 e. The molecule has 0 amide bonds. The predicted molar refractivity (Wildman–Crippen MR) is 69.7 cm³/mol. The van der Waals surface area contributed by atoms with Crippen LogP contribution in [-0.2, 0) is 6.54 Å². The fraction of sp³-hybridized carbons (Fsp3) is 0.571. The summed E-state index contributed by atoms with van der Waals surface area (Å²) < 4.78 is 0. The van der Waals surface area contributed by atoms with Gasteiger partial charge in [0, 0.05) is 25.8 Å². The SMILES string of the molecule is CNCc1ccccc1N(C)CC1CC1C. The summed E-state index contributed by atoms with van der Waals surface area (Å²) >= 11 is 0. The van der Waals surface area contributed by atoms with Crippen LogP contribution in [0.2, 0.25) is 0 Å². The zero-order chi connectivity index (χ0) is 11.5. The topological polar surface area (TPSA) is 15.3 Å². The number of nitrogens with one attached hydrogen (secondary N) is 1. The highest BCUT2D eigenvalue weighted by molar-refractivity contribution is 5.53. The Hall–Kier alpha value is -1.02. The first kappa shape index (κ1) is 11.5. The van der Waals surface area contributed by atoms with Crippen molar-refractivity contribution < 1.29 is 0 Å². The van der Waals surface area contributed by atoms with Crippen molar-refractivity contribution >= 4 is 5.69 Å². The minimum absolute atomic E-state index is 0.910. The molecule has 2 heteroatoms. The van der Waals surface area contributed by atoms with Crippen LogP contribution in [0.1, 0.15) is 18.9 Å². The molecule has 0 heterocycles. The molecule has 1 N–H and O–H groups in total. The van der Waals surface area contributed by atoms with Crippen molar-refractivity contribution in [1.29, 1.82) is 0 Å². The maximum Gasteiger partial charge on any atom is 0.0409 e. The number of para-hydroxylation sites is 1. The van der Waals surface area contributed by atoms with Gasteiger partial charge in [-0.3, -0.25) is 0 Å². The highest BCUT2D eigenvalue weighted by Crippen LogP contribution is 2.38. The van der Waals surface area contributed by atoms with Crippen molar-refractivity contribution in [3.8, 4) is 0 Å². The van der Waals surface area contributed by atoms with Gasteiger partial charge in [0.05, 0.1) is 0 Å². The Labute approximate surface area is 98.7 Å². The first-order valence-corrected chi connectivity index (χ1v) is 6.16. The summed E-state index contributed by atoms with van der Waals surface area (Å²) in [5.41, 5.74) is 2.76. The molecule has 2 rings (SSSR count). The number of benzene rings is 1. The van der Waals surface area contributed by atoms with E-state index in [2.05, 4.69) is 48.5 Å². The number of hydrogen-bond donors (Lipinski definition) is 1. The van der Waals surface area contributed by atoms with E-state index >= 15 is 0 Å². The Kier molecular flexibility index (Phi) is 3.49. The molecule has 88 valence electrons. The van der Waals surface area contributed by atoms with Gasteiger partial charge in [0.15, 0.2) is 0 Å². The van der Waals surface area contributed by atoms with Crippen LogP contribution in [0.4, 0.5) is 5.69 Å². The van der Waals surface area contributed by atoms with Crippen molar-refractivity contribution in [3.63, 3.8) is 0 Å². The van der Waals surface area contributed by atoms with E-state index in [0.717, 1.165) is 18.4 Å². The molecular formula is C14H22N2. The van der Waals surface area contributed by atoms with Gasteiger partial charge < -0.3 is 10.2 Å². The van der Waals surface area contributed by atoms with Gasteiger partial charge in [0.2, 0.25) is 0 Å². The third kappa shape index (κ3) is 2.56. The van der Waals surface area contributed by atoms with Gasteiger partial charge in [-0.15, -0.1) is 0 Å². The monoisotopic (exact) mass is 218 g/mol. The van der Waals surface area contributed by atoms with Crippen LogP contribution < -0.4 is 10.2 Å². The highest BCUT2D eigenvalue weighted by atomic mass is 15.1. The molecule has 2 atom stereocenters. The Morgan fingerprint density at radius 1 is 1.38 bits per heavy atom. The second kappa shape index (κ2) is 4.88. The molecular weight excluding hydrogens is 196 g/mol. The van der Waals surface area contributed by atoms with Crippen molar-refractivity contribution in [1.82, 2.24) is 5.32 Å². The lowest BCUT2D eigenvalue weighted by Crippen LogP contribution is -2.22. The Morgan fingerprint density at radius 2 is 2.06 bits per heavy atom. The van der Waals surface area contributed by atoms with Gasteiger partial charge in [0.25, 0.3) is 0 Å². The average molecular weight is 218 g/mol. The summed E-state index contributed by atoms with van der Waals surface area (Å²) in [6.45, 7) is 4.49. The lowest BCUT2D eigenvalue weighted by Gasteiger charge is -2.22. The van der Waals surface area contributed by atoms with Gasteiger partial charge >= 0.3 is 0 Å². The highest BCUT2D eigenvalue weighted by Gasteiger charge is 2.33. The number of rotatable bonds is 5. The molecule has 0 saturated heterocycles. The number of anilines is 1. The Morgan fingerprint density at radius 3 is 2.69 bits per heavy atom. The fourth-order valence-electron chi connectivity index (χ4n) is 2.33. The zero-order valence-electron chi connectivity index (χ0n) is 10.5. The van der Waals surface area contributed by atoms with E-state index < -0.39 is 0 Å². The maximum atomic E-state index is 3.23. The lowest BCUT2D eigenvalue weighted by molar-refractivity contribution is 0.719. The third-order valence-electron chi connectivity index (χ3n) is 3.55. The van der Waals surface area contributed by atoms with Crippen LogP contribution in [0.25, 0.3) is 0 Å². The standard InChI is InChI=1S/C14H22N2/c1-11-8-13(11)10-16(3)14-7-5-4-6-12(14)9-15-2/h4-7,11,13,15H,8-10H2,1-3H3. The molecule has 0 spiro atoms.